The quantitative estimate of drug-likeness (QED) is 0.271. The smallest absolute Gasteiger partial charge is 0.255 e. The normalized spacial score (nSPS) is 19.8. The van der Waals surface area contributed by atoms with Crippen LogP contribution in [0.1, 0.15) is 85.9 Å². The van der Waals surface area contributed by atoms with Gasteiger partial charge in [-0.3, -0.25) is 9.78 Å². The van der Waals surface area contributed by atoms with Crippen molar-refractivity contribution in [2.24, 2.45) is 0 Å². The van der Waals surface area contributed by atoms with E-state index < -0.39 is 17.7 Å². The van der Waals surface area contributed by atoms with Crippen molar-refractivity contribution in [3.63, 3.8) is 0 Å². The molecule has 0 aliphatic heterocycles. The van der Waals surface area contributed by atoms with Gasteiger partial charge in [-0.2, -0.15) is 10.4 Å². The molecule has 0 spiro atoms. The van der Waals surface area contributed by atoms with E-state index in [1.54, 1.807) is 10.6 Å². The summed E-state index contributed by atoms with van der Waals surface area (Å²) in [6.07, 6.45) is 9.45. The molecule has 0 unspecified atom stereocenters. The maximum absolute atomic E-state index is 14.4. The van der Waals surface area contributed by atoms with Crippen molar-refractivity contribution in [2.45, 2.75) is 82.1 Å². The molecule has 2 saturated carbocycles. The van der Waals surface area contributed by atoms with Crippen LogP contribution in [-0.2, 0) is 0 Å². The topological polar surface area (TPSA) is 146 Å². The van der Waals surface area contributed by atoms with E-state index in [9.17, 15) is 19.6 Å². The molecule has 4 heterocycles. The van der Waals surface area contributed by atoms with Crippen LogP contribution in [-0.4, -0.2) is 65.0 Å². The summed E-state index contributed by atoms with van der Waals surface area (Å²) >= 11 is 0. The van der Waals surface area contributed by atoms with Gasteiger partial charge in [0.05, 0.1) is 63.8 Å². The number of alkyl halides is 1. The number of amides is 1. The second kappa shape index (κ2) is 11.1. The SMILES string of the molecule is CC(C)(O)[C@H](F)CNC(=O)c1cnc(-c2ccc3cc(C#N)cnn23)cc1N[C@H]1CC[C@H](c2cn(C3CC3)nn2)CC1. The maximum atomic E-state index is 14.4. The van der Waals surface area contributed by atoms with Gasteiger partial charge in [0.2, 0.25) is 0 Å². The molecule has 4 aromatic heterocycles. The number of carbonyl (C=O) groups excluding carboxylic acids is 1. The van der Waals surface area contributed by atoms with E-state index in [0.717, 1.165) is 36.9 Å². The highest BCUT2D eigenvalue weighted by Gasteiger charge is 2.30. The Bertz CT molecular complexity index is 1640. The van der Waals surface area contributed by atoms with Gasteiger partial charge in [0, 0.05) is 24.4 Å². The largest absolute Gasteiger partial charge is 0.387 e. The number of aromatic nitrogens is 6. The molecule has 218 valence electrons. The fourth-order valence-electron chi connectivity index (χ4n) is 5.43. The maximum Gasteiger partial charge on any atom is 0.255 e. The Labute approximate surface area is 242 Å². The lowest BCUT2D eigenvalue weighted by atomic mass is 9.84. The minimum atomic E-state index is -1.63. The van der Waals surface area contributed by atoms with Gasteiger partial charge in [-0.05, 0) is 76.6 Å². The molecule has 3 N–H and O–H groups in total. The van der Waals surface area contributed by atoms with Crippen LogP contribution >= 0.6 is 0 Å². The van der Waals surface area contributed by atoms with Crippen molar-refractivity contribution in [1.29, 1.82) is 5.26 Å². The number of nitriles is 1. The molecule has 0 saturated heterocycles. The monoisotopic (exact) mass is 571 g/mol. The first-order valence-corrected chi connectivity index (χ1v) is 14.4. The number of nitrogens with one attached hydrogen (secondary N) is 2. The number of carbonyl (C=O) groups is 1. The van der Waals surface area contributed by atoms with Crippen LogP contribution in [0.2, 0.25) is 0 Å². The number of fused-ring (bicyclic) bond motifs is 1. The van der Waals surface area contributed by atoms with Gasteiger partial charge in [-0.1, -0.05) is 5.21 Å². The van der Waals surface area contributed by atoms with E-state index in [0.29, 0.717) is 34.6 Å². The summed E-state index contributed by atoms with van der Waals surface area (Å²) in [6.45, 7) is 2.40. The summed E-state index contributed by atoms with van der Waals surface area (Å²) < 4.78 is 18.1. The lowest BCUT2D eigenvalue weighted by molar-refractivity contribution is -0.00177. The zero-order valence-electron chi connectivity index (χ0n) is 23.7. The zero-order chi connectivity index (χ0) is 29.4. The first kappa shape index (κ1) is 27.8. The Balaban J connectivity index is 1.23. The van der Waals surface area contributed by atoms with Crippen LogP contribution in [0.25, 0.3) is 16.9 Å². The lowest BCUT2D eigenvalue weighted by Crippen LogP contribution is -2.42. The van der Waals surface area contributed by atoms with Crippen LogP contribution in [0.15, 0.2) is 42.9 Å². The molecule has 42 heavy (non-hydrogen) atoms. The van der Waals surface area contributed by atoms with Crippen LogP contribution < -0.4 is 10.6 Å². The number of rotatable bonds is 9. The standard InChI is InChI=1S/C30H34FN9O2/c1-30(2,42)28(31)16-34-29(41)23-15-33-25(27-10-9-22-11-18(13-32)14-35-40(22)27)12-24(23)36-20-5-3-19(4-6-20)26-17-39(38-37-26)21-7-8-21/h9-12,14-15,17,19-21,28,42H,3-8,16H2,1-2H3,(H,33,36)(H,34,41)/t19-,20-,28-/m1/s1. The summed E-state index contributed by atoms with van der Waals surface area (Å²) in [5.41, 5.74) is 2.85. The van der Waals surface area contributed by atoms with E-state index in [1.165, 1.54) is 39.1 Å². The molecule has 1 amide bonds. The van der Waals surface area contributed by atoms with Crippen LogP contribution in [0.5, 0.6) is 0 Å². The highest BCUT2D eigenvalue weighted by molar-refractivity contribution is 6.00. The van der Waals surface area contributed by atoms with E-state index in [4.69, 9.17) is 0 Å². The molecule has 11 nitrogen and oxygen atoms in total. The summed E-state index contributed by atoms with van der Waals surface area (Å²) in [4.78, 5) is 17.8. The van der Waals surface area contributed by atoms with Crippen molar-refractivity contribution < 1.29 is 14.3 Å². The second-order valence-corrected chi connectivity index (χ2v) is 11.9. The van der Waals surface area contributed by atoms with Crippen molar-refractivity contribution in [3.05, 3.63) is 59.7 Å². The van der Waals surface area contributed by atoms with Crippen molar-refractivity contribution >= 4 is 17.1 Å². The van der Waals surface area contributed by atoms with E-state index in [-0.39, 0.29) is 18.2 Å². The first-order chi connectivity index (χ1) is 20.2. The van der Waals surface area contributed by atoms with E-state index >= 15 is 0 Å². The predicted molar refractivity (Wildman–Crippen MR) is 154 cm³/mol. The molecular weight excluding hydrogens is 537 g/mol. The fraction of sp³-hybridized carbons (Fsp3) is 0.467. The van der Waals surface area contributed by atoms with Crippen molar-refractivity contribution in [3.8, 4) is 17.5 Å². The number of aliphatic hydroxyl groups is 1. The van der Waals surface area contributed by atoms with Gasteiger partial charge in [-0.25, -0.2) is 13.6 Å². The second-order valence-electron chi connectivity index (χ2n) is 11.9. The predicted octanol–water partition coefficient (Wildman–Crippen LogP) is 4.17. The van der Waals surface area contributed by atoms with Crippen LogP contribution in [0.3, 0.4) is 0 Å². The van der Waals surface area contributed by atoms with Gasteiger partial charge in [0.25, 0.3) is 5.91 Å². The number of pyridine rings is 1. The molecule has 4 aromatic rings. The van der Waals surface area contributed by atoms with E-state index in [2.05, 4.69) is 43.3 Å². The summed E-state index contributed by atoms with van der Waals surface area (Å²) in [5, 5.41) is 38.5. The molecule has 2 aliphatic rings. The summed E-state index contributed by atoms with van der Waals surface area (Å²) in [5.74, 6) is -0.128. The Morgan fingerprint density at radius 2 is 1.98 bits per heavy atom. The summed E-state index contributed by atoms with van der Waals surface area (Å²) in [6, 6.07) is 10.0. The molecule has 2 fully saturated rings. The molecule has 2 aliphatic carbocycles. The van der Waals surface area contributed by atoms with Gasteiger partial charge in [0.15, 0.2) is 0 Å². The molecule has 6 rings (SSSR count). The van der Waals surface area contributed by atoms with Gasteiger partial charge in [0.1, 0.15) is 12.2 Å². The summed E-state index contributed by atoms with van der Waals surface area (Å²) in [7, 11) is 0. The number of nitrogens with zero attached hydrogens (tertiary/aromatic N) is 7. The molecule has 1 atom stereocenters. The highest BCUT2D eigenvalue weighted by atomic mass is 19.1. The van der Waals surface area contributed by atoms with Crippen molar-refractivity contribution in [2.75, 3.05) is 11.9 Å². The molecule has 0 bridgehead atoms. The molecule has 12 heteroatoms. The average Bonchev–Trinajstić information content (AvgIpc) is 3.56. The minimum absolute atomic E-state index is 0.118. The molecular formula is C30H34FN9O2. The number of halogens is 1. The highest BCUT2D eigenvalue weighted by Crippen LogP contribution is 2.37. The Morgan fingerprint density at radius 1 is 1.19 bits per heavy atom. The third-order valence-electron chi connectivity index (χ3n) is 8.20. The number of hydrogen-bond acceptors (Lipinski definition) is 8. The van der Waals surface area contributed by atoms with Gasteiger partial charge < -0.3 is 15.7 Å². The Morgan fingerprint density at radius 3 is 2.69 bits per heavy atom. The molecule has 0 radical (unpaired) electrons. The Kier molecular flexibility index (Phi) is 7.36. The Hall–Kier alpha value is -4.37. The third-order valence-corrected chi connectivity index (χ3v) is 8.20. The third kappa shape index (κ3) is 5.83. The average molecular weight is 572 g/mol. The van der Waals surface area contributed by atoms with Gasteiger partial charge >= 0.3 is 0 Å². The zero-order valence-corrected chi connectivity index (χ0v) is 23.7. The van der Waals surface area contributed by atoms with Crippen LogP contribution in [0, 0.1) is 11.3 Å². The number of hydrogen-bond donors (Lipinski definition) is 3. The molecule has 0 aromatic carbocycles. The fourth-order valence-corrected chi connectivity index (χ4v) is 5.43. The van der Waals surface area contributed by atoms with Crippen molar-refractivity contribution in [1.82, 2.24) is 34.9 Å². The van der Waals surface area contributed by atoms with E-state index in [1.807, 2.05) is 22.9 Å². The van der Waals surface area contributed by atoms with Crippen LogP contribution in [0.4, 0.5) is 10.1 Å². The lowest BCUT2D eigenvalue weighted by Gasteiger charge is -2.29. The first-order valence-electron chi connectivity index (χ1n) is 14.4. The number of anilines is 1. The minimum Gasteiger partial charge on any atom is -0.387 e. The van der Waals surface area contributed by atoms with Gasteiger partial charge in [-0.15, -0.1) is 5.10 Å².